The molecule has 3 aromatic rings. The average Bonchev–Trinajstić information content (AvgIpc) is 2.77. The van der Waals surface area contributed by atoms with Gasteiger partial charge in [0.25, 0.3) is 0 Å². The zero-order valence-electron chi connectivity index (χ0n) is 15.9. The number of benzene rings is 2. The van der Waals surface area contributed by atoms with E-state index in [1.54, 1.807) is 36.5 Å². The highest BCUT2D eigenvalue weighted by Crippen LogP contribution is 2.25. The van der Waals surface area contributed by atoms with Gasteiger partial charge in [-0.25, -0.2) is 5.48 Å². The quantitative estimate of drug-likeness (QED) is 0.276. The van der Waals surface area contributed by atoms with Crippen molar-refractivity contribution in [3.63, 3.8) is 0 Å². The van der Waals surface area contributed by atoms with Crippen LogP contribution in [0.1, 0.15) is 5.56 Å². The second-order valence-corrected chi connectivity index (χ2v) is 6.39. The molecule has 0 radical (unpaired) electrons. The van der Waals surface area contributed by atoms with Gasteiger partial charge in [0.05, 0.1) is 24.2 Å². The van der Waals surface area contributed by atoms with Crippen LogP contribution in [-0.2, 0) is 20.8 Å². The number of anilines is 2. The number of fused-ring (bicyclic) bond motifs is 1. The highest BCUT2D eigenvalue weighted by Gasteiger charge is 2.19. The molecule has 9 heteroatoms. The highest BCUT2D eigenvalue weighted by molar-refractivity contribution is 6.39. The van der Waals surface area contributed by atoms with Crippen molar-refractivity contribution >= 4 is 40.0 Å². The maximum Gasteiger partial charge on any atom is 0.332 e. The van der Waals surface area contributed by atoms with E-state index in [0.717, 1.165) is 5.39 Å². The molecule has 0 unspecified atom stereocenters. The number of nitrogens with zero attached hydrogens (tertiary/aromatic N) is 2. The van der Waals surface area contributed by atoms with Gasteiger partial charge in [0.15, 0.2) is 0 Å². The van der Waals surface area contributed by atoms with E-state index in [1.807, 2.05) is 24.3 Å². The van der Waals surface area contributed by atoms with Gasteiger partial charge in [-0.1, -0.05) is 30.3 Å². The van der Waals surface area contributed by atoms with Crippen LogP contribution in [-0.4, -0.2) is 46.2 Å². The maximum absolute atomic E-state index is 13.0. The summed E-state index contributed by atoms with van der Waals surface area (Å²) < 4.78 is 0. The number of pyridine rings is 1. The Hall–Kier alpha value is -3.82. The Morgan fingerprint density at radius 1 is 0.967 bits per heavy atom. The standard InChI is InChI=1S/C21H20N4O5/c26-12-11-25(17-5-1-3-15-4-2-10-22-19(15)17)18(27)13-14-6-8-16(9-7-14)23-20(28)21(29)24-30/h1-10,26,30H,11-13H2,(H,23,28)(H,24,29). The van der Waals surface area contributed by atoms with E-state index in [-0.39, 0.29) is 25.5 Å². The lowest BCUT2D eigenvalue weighted by Crippen LogP contribution is -2.35. The Kier molecular flexibility index (Phi) is 6.68. The number of hydrogen-bond acceptors (Lipinski definition) is 6. The molecule has 4 N–H and O–H groups in total. The summed E-state index contributed by atoms with van der Waals surface area (Å²) in [7, 11) is 0. The molecule has 30 heavy (non-hydrogen) atoms. The van der Waals surface area contributed by atoms with Crippen LogP contribution in [0.5, 0.6) is 0 Å². The number of hydroxylamine groups is 1. The summed E-state index contributed by atoms with van der Waals surface area (Å²) in [6, 6.07) is 15.6. The normalized spacial score (nSPS) is 10.5. The third kappa shape index (κ3) is 4.77. The first-order chi connectivity index (χ1) is 14.5. The zero-order valence-corrected chi connectivity index (χ0v) is 15.9. The van der Waals surface area contributed by atoms with E-state index in [0.29, 0.717) is 22.5 Å². The number of rotatable bonds is 6. The summed E-state index contributed by atoms with van der Waals surface area (Å²) in [6.45, 7) is -0.0776. The molecular weight excluding hydrogens is 388 g/mol. The Morgan fingerprint density at radius 2 is 1.70 bits per heavy atom. The Labute approximate surface area is 171 Å². The first-order valence-corrected chi connectivity index (χ1v) is 9.13. The minimum Gasteiger partial charge on any atom is -0.395 e. The minimum atomic E-state index is -1.18. The average molecular weight is 408 g/mol. The predicted octanol–water partition coefficient (Wildman–Crippen LogP) is 1.25. The number of para-hydroxylation sites is 1. The van der Waals surface area contributed by atoms with E-state index < -0.39 is 11.8 Å². The molecule has 3 amide bonds. The highest BCUT2D eigenvalue weighted by atomic mass is 16.5. The van der Waals surface area contributed by atoms with E-state index in [9.17, 15) is 19.5 Å². The number of aliphatic hydroxyl groups excluding tert-OH is 1. The lowest BCUT2D eigenvalue weighted by Gasteiger charge is -2.23. The molecule has 0 saturated heterocycles. The van der Waals surface area contributed by atoms with Gasteiger partial charge in [0, 0.05) is 23.8 Å². The molecule has 1 heterocycles. The molecule has 0 aliphatic carbocycles. The Bertz CT molecular complexity index is 1060. The third-order valence-electron chi connectivity index (χ3n) is 4.40. The number of carbonyl (C=O) groups is 3. The first kappa shape index (κ1) is 20.9. The molecule has 0 atom stereocenters. The van der Waals surface area contributed by atoms with Crippen LogP contribution < -0.4 is 15.7 Å². The molecule has 0 fully saturated rings. The summed E-state index contributed by atoms with van der Waals surface area (Å²) in [5.74, 6) is -2.42. The van der Waals surface area contributed by atoms with Crippen LogP contribution in [0.25, 0.3) is 10.9 Å². The fraction of sp³-hybridized carbons (Fsp3) is 0.143. The predicted molar refractivity (Wildman–Crippen MR) is 110 cm³/mol. The van der Waals surface area contributed by atoms with Crippen molar-refractivity contribution in [1.82, 2.24) is 10.5 Å². The van der Waals surface area contributed by atoms with Crippen molar-refractivity contribution in [2.24, 2.45) is 0 Å². The monoisotopic (exact) mass is 408 g/mol. The second kappa shape index (κ2) is 9.59. The number of nitrogens with one attached hydrogen (secondary N) is 2. The molecule has 0 aliphatic heterocycles. The number of amides is 3. The van der Waals surface area contributed by atoms with Gasteiger partial charge in [-0.15, -0.1) is 0 Å². The molecule has 0 saturated carbocycles. The van der Waals surface area contributed by atoms with E-state index in [4.69, 9.17) is 5.21 Å². The lowest BCUT2D eigenvalue weighted by molar-refractivity contribution is -0.141. The molecule has 2 aromatic carbocycles. The van der Waals surface area contributed by atoms with Crippen LogP contribution in [0.4, 0.5) is 11.4 Å². The Morgan fingerprint density at radius 3 is 2.40 bits per heavy atom. The number of carbonyl (C=O) groups excluding carboxylic acids is 3. The second-order valence-electron chi connectivity index (χ2n) is 6.39. The van der Waals surface area contributed by atoms with Crippen LogP contribution in [0, 0.1) is 0 Å². The van der Waals surface area contributed by atoms with Gasteiger partial charge in [0.1, 0.15) is 0 Å². The summed E-state index contributed by atoms with van der Waals surface area (Å²) >= 11 is 0. The van der Waals surface area contributed by atoms with Crippen LogP contribution >= 0.6 is 0 Å². The summed E-state index contributed by atoms with van der Waals surface area (Å²) in [6.07, 6.45) is 1.71. The van der Waals surface area contributed by atoms with Crippen LogP contribution in [0.2, 0.25) is 0 Å². The number of aliphatic hydroxyl groups is 1. The van der Waals surface area contributed by atoms with Crippen molar-refractivity contribution in [3.05, 3.63) is 66.4 Å². The Balaban J connectivity index is 1.77. The molecule has 0 bridgehead atoms. The zero-order chi connectivity index (χ0) is 21.5. The van der Waals surface area contributed by atoms with E-state index >= 15 is 0 Å². The molecule has 154 valence electrons. The van der Waals surface area contributed by atoms with Gasteiger partial charge in [-0.05, 0) is 29.8 Å². The fourth-order valence-corrected chi connectivity index (χ4v) is 3.00. The van der Waals surface area contributed by atoms with Crippen molar-refractivity contribution < 1.29 is 24.7 Å². The largest absolute Gasteiger partial charge is 0.395 e. The van der Waals surface area contributed by atoms with Crippen LogP contribution in [0.15, 0.2) is 60.8 Å². The number of hydrogen-bond donors (Lipinski definition) is 4. The first-order valence-electron chi connectivity index (χ1n) is 9.13. The molecule has 1 aromatic heterocycles. The van der Waals surface area contributed by atoms with Crippen molar-refractivity contribution in [3.8, 4) is 0 Å². The SMILES string of the molecule is O=C(NO)C(=O)Nc1ccc(CC(=O)N(CCO)c2cccc3cccnc23)cc1. The van der Waals surface area contributed by atoms with Gasteiger partial charge in [-0.3, -0.25) is 24.6 Å². The summed E-state index contributed by atoms with van der Waals surface area (Å²) in [5.41, 5.74) is 3.55. The molecule has 0 aliphatic rings. The molecule has 9 nitrogen and oxygen atoms in total. The van der Waals surface area contributed by atoms with Crippen molar-refractivity contribution in [2.45, 2.75) is 6.42 Å². The minimum absolute atomic E-state index is 0.0641. The maximum atomic E-state index is 13.0. The topological polar surface area (TPSA) is 132 Å². The molecule has 3 rings (SSSR count). The van der Waals surface area contributed by atoms with Gasteiger partial charge >= 0.3 is 11.8 Å². The van der Waals surface area contributed by atoms with Gasteiger partial charge in [0.2, 0.25) is 5.91 Å². The lowest BCUT2D eigenvalue weighted by atomic mass is 10.1. The third-order valence-corrected chi connectivity index (χ3v) is 4.40. The fourth-order valence-electron chi connectivity index (χ4n) is 3.00. The summed E-state index contributed by atoms with van der Waals surface area (Å²) in [5, 5.41) is 21.1. The van der Waals surface area contributed by atoms with Gasteiger partial charge < -0.3 is 15.3 Å². The molecular formula is C21H20N4O5. The summed E-state index contributed by atoms with van der Waals surface area (Å²) in [4.78, 5) is 41.3. The molecule has 0 spiro atoms. The van der Waals surface area contributed by atoms with Gasteiger partial charge in [-0.2, -0.15) is 0 Å². The van der Waals surface area contributed by atoms with Crippen molar-refractivity contribution in [2.75, 3.05) is 23.4 Å². The van der Waals surface area contributed by atoms with E-state index in [2.05, 4.69) is 10.3 Å². The number of aromatic nitrogens is 1. The smallest absolute Gasteiger partial charge is 0.332 e. The van der Waals surface area contributed by atoms with E-state index in [1.165, 1.54) is 10.4 Å². The van der Waals surface area contributed by atoms with Crippen molar-refractivity contribution in [1.29, 1.82) is 0 Å². The van der Waals surface area contributed by atoms with Crippen LogP contribution in [0.3, 0.4) is 0 Å².